The number of carbonyl (C=O) groups excluding carboxylic acids is 1. The minimum atomic E-state index is 0.117. The summed E-state index contributed by atoms with van der Waals surface area (Å²) >= 11 is 1.53. The first kappa shape index (κ1) is 16.6. The van der Waals surface area contributed by atoms with Crippen molar-refractivity contribution in [3.8, 4) is 0 Å². The average molecular weight is 353 g/mol. The quantitative estimate of drug-likeness (QED) is 0.795. The Morgan fingerprint density at radius 2 is 1.72 bits per heavy atom. The molecule has 2 aromatic rings. The van der Waals surface area contributed by atoms with Crippen LogP contribution in [0, 0.1) is 0 Å². The highest BCUT2D eigenvalue weighted by Gasteiger charge is 2.31. The first-order valence-electron chi connectivity index (χ1n) is 8.85. The van der Waals surface area contributed by atoms with E-state index in [4.69, 9.17) is 0 Å². The molecule has 1 saturated heterocycles. The van der Waals surface area contributed by atoms with Gasteiger partial charge in [0.2, 0.25) is 0 Å². The van der Waals surface area contributed by atoms with Gasteiger partial charge in [-0.3, -0.25) is 9.69 Å². The maximum atomic E-state index is 12.8. The van der Waals surface area contributed by atoms with Gasteiger partial charge in [0.15, 0.2) is 0 Å². The van der Waals surface area contributed by atoms with Crippen LogP contribution in [0.15, 0.2) is 47.6 Å². The van der Waals surface area contributed by atoms with Gasteiger partial charge in [0.1, 0.15) is 5.03 Å². The summed E-state index contributed by atoms with van der Waals surface area (Å²) in [6.45, 7) is 3.52. The molecule has 1 aromatic carbocycles. The molecule has 4 rings (SSSR count). The van der Waals surface area contributed by atoms with Gasteiger partial charge in [-0.1, -0.05) is 24.3 Å². The Morgan fingerprint density at radius 3 is 2.36 bits per heavy atom. The summed E-state index contributed by atoms with van der Waals surface area (Å²) in [4.78, 5) is 21.7. The Balaban J connectivity index is 1.38. The van der Waals surface area contributed by atoms with Crippen LogP contribution in [0.2, 0.25) is 0 Å². The molecule has 0 radical (unpaired) electrons. The van der Waals surface area contributed by atoms with E-state index in [1.165, 1.54) is 22.9 Å². The zero-order valence-corrected chi connectivity index (χ0v) is 15.3. The van der Waals surface area contributed by atoms with Crippen LogP contribution in [0.3, 0.4) is 0 Å². The highest BCUT2D eigenvalue weighted by atomic mass is 32.2. The van der Waals surface area contributed by atoms with E-state index in [0.29, 0.717) is 6.04 Å². The van der Waals surface area contributed by atoms with E-state index >= 15 is 0 Å². The predicted octanol–water partition coefficient (Wildman–Crippen LogP) is 2.73. The van der Waals surface area contributed by atoms with Gasteiger partial charge < -0.3 is 4.90 Å². The van der Waals surface area contributed by atoms with Gasteiger partial charge in [0, 0.05) is 38.4 Å². The molecule has 2 heterocycles. The zero-order valence-electron chi connectivity index (χ0n) is 14.5. The van der Waals surface area contributed by atoms with E-state index < -0.39 is 0 Å². The Kier molecular flexibility index (Phi) is 4.77. The molecule has 1 amide bonds. The molecule has 2 aliphatic rings. The van der Waals surface area contributed by atoms with Gasteiger partial charge in [-0.05, 0) is 42.4 Å². The van der Waals surface area contributed by atoms with Crippen LogP contribution in [0.5, 0.6) is 0 Å². The SMILES string of the molecule is CSc1ncccc1C(=O)N1CCN(C2Cc3ccccc3C2)CC1. The maximum absolute atomic E-state index is 12.8. The van der Waals surface area contributed by atoms with E-state index in [0.717, 1.165) is 49.6 Å². The molecule has 1 fully saturated rings. The third-order valence-electron chi connectivity index (χ3n) is 5.34. The fourth-order valence-corrected chi connectivity index (χ4v) is 4.51. The molecule has 1 aliphatic carbocycles. The van der Waals surface area contributed by atoms with Gasteiger partial charge in [-0.15, -0.1) is 11.8 Å². The summed E-state index contributed by atoms with van der Waals surface area (Å²) in [5, 5.41) is 0.821. The molecule has 5 heteroatoms. The molecule has 0 bridgehead atoms. The van der Waals surface area contributed by atoms with E-state index in [1.54, 1.807) is 6.20 Å². The Bertz CT molecular complexity index is 746. The van der Waals surface area contributed by atoms with Gasteiger partial charge >= 0.3 is 0 Å². The van der Waals surface area contributed by atoms with Crippen molar-refractivity contribution in [1.29, 1.82) is 0 Å². The van der Waals surface area contributed by atoms with Crippen LogP contribution in [0.1, 0.15) is 21.5 Å². The van der Waals surface area contributed by atoms with Gasteiger partial charge in [-0.25, -0.2) is 4.98 Å². The number of piperazine rings is 1. The molecule has 25 heavy (non-hydrogen) atoms. The first-order valence-corrected chi connectivity index (χ1v) is 10.1. The number of amides is 1. The zero-order chi connectivity index (χ0) is 17.2. The highest BCUT2D eigenvalue weighted by Crippen LogP contribution is 2.26. The summed E-state index contributed by atoms with van der Waals surface area (Å²) < 4.78 is 0. The summed E-state index contributed by atoms with van der Waals surface area (Å²) in [5.41, 5.74) is 3.72. The molecule has 0 spiro atoms. The largest absolute Gasteiger partial charge is 0.336 e. The fourth-order valence-electron chi connectivity index (χ4n) is 3.97. The molecule has 130 valence electrons. The number of nitrogens with zero attached hydrogens (tertiary/aromatic N) is 3. The van der Waals surface area contributed by atoms with Crippen LogP contribution in [0.4, 0.5) is 0 Å². The summed E-state index contributed by atoms with van der Waals surface area (Å²) in [6.07, 6.45) is 6.00. The molecule has 1 aliphatic heterocycles. The summed E-state index contributed by atoms with van der Waals surface area (Å²) in [5.74, 6) is 0.117. The molecule has 0 saturated carbocycles. The van der Waals surface area contributed by atoms with Crippen LogP contribution in [0.25, 0.3) is 0 Å². The molecular formula is C20H23N3OS. The van der Waals surface area contributed by atoms with E-state index in [9.17, 15) is 4.79 Å². The second kappa shape index (κ2) is 7.18. The fraction of sp³-hybridized carbons (Fsp3) is 0.400. The Labute approximate surface area is 153 Å². The molecule has 4 nitrogen and oxygen atoms in total. The number of aromatic nitrogens is 1. The number of fused-ring (bicyclic) bond motifs is 1. The minimum Gasteiger partial charge on any atom is -0.336 e. The standard InChI is InChI=1S/C20H23N3OS/c1-25-19-18(7-4-8-21-19)20(24)23-11-9-22(10-12-23)17-13-15-5-2-3-6-16(15)14-17/h2-8,17H,9-14H2,1H3. The smallest absolute Gasteiger partial charge is 0.256 e. The summed E-state index contributed by atoms with van der Waals surface area (Å²) in [7, 11) is 0. The molecule has 0 N–H and O–H groups in total. The second-order valence-corrected chi connectivity index (χ2v) is 7.51. The number of thioether (sulfide) groups is 1. The average Bonchev–Trinajstić information content (AvgIpc) is 3.12. The minimum absolute atomic E-state index is 0.117. The number of carbonyl (C=O) groups is 1. The number of pyridine rings is 1. The van der Waals surface area contributed by atoms with E-state index in [1.807, 2.05) is 23.3 Å². The number of benzene rings is 1. The van der Waals surface area contributed by atoms with E-state index in [-0.39, 0.29) is 5.91 Å². The molecule has 1 aromatic heterocycles. The van der Waals surface area contributed by atoms with E-state index in [2.05, 4.69) is 34.1 Å². The van der Waals surface area contributed by atoms with Crippen LogP contribution < -0.4 is 0 Å². The van der Waals surface area contributed by atoms with Crippen molar-refractivity contribution in [2.24, 2.45) is 0 Å². The lowest BCUT2D eigenvalue weighted by atomic mass is 10.1. The van der Waals surface area contributed by atoms with Crippen molar-refractivity contribution >= 4 is 17.7 Å². The molecule has 0 unspecified atom stereocenters. The van der Waals surface area contributed by atoms with Crippen molar-refractivity contribution in [2.45, 2.75) is 23.9 Å². The van der Waals surface area contributed by atoms with Gasteiger partial charge in [0.25, 0.3) is 5.91 Å². The van der Waals surface area contributed by atoms with Gasteiger partial charge in [-0.2, -0.15) is 0 Å². The number of rotatable bonds is 3. The molecule has 0 atom stereocenters. The van der Waals surface area contributed by atoms with Gasteiger partial charge in [0.05, 0.1) is 5.56 Å². The van der Waals surface area contributed by atoms with Crippen LogP contribution >= 0.6 is 11.8 Å². The Morgan fingerprint density at radius 1 is 1.04 bits per heavy atom. The van der Waals surface area contributed by atoms with Crippen molar-refractivity contribution in [2.75, 3.05) is 32.4 Å². The lowest BCUT2D eigenvalue weighted by Crippen LogP contribution is -2.52. The van der Waals surface area contributed by atoms with Crippen LogP contribution in [-0.4, -0.2) is 59.2 Å². The second-order valence-electron chi connectivity index (χ2n) is 6.72. The Hall–Kier alpha value is -1.85. The van der Waals surface area contributed by atoms with Crippen molar-refractivity contribution in [3.63, 3.8) is 0 Å². The normalized spacial score (nSPS) is 18.4. The predicted molar refractivity (Wildman–Crippen MR) is 101 cm³/mol. The third-order valence-corrected chi connectivity index (χ3v) is 6.05. The summed E-state index contributed by atoms with van der Waals surface area (Å²) in [6, 6.07) is 13.1. The van der Waals surface area contributed by atoms with Crippen molar-refractivity contribution in [1.82, 2.24) is 14.8 Å². The maximum Gasteiger partial charge on any atom is 0.256 e. The number of hydrogen-bond donors (Lipinski definition) is 0. The topological polar surface area (TPSA) is 36.4 Å². The monoisotopic (exact) mass is 353 g/mol. The van der Waals surface area contributed by atoms with Crippen LogP contribution in [-0.2, 0) is 12.8 Å². The van der Waals surface area contributed by atoms with Crippen molar-refractivity contribution in [3.05, 3.63) is 59.3 Å². The lowest BCUT2D eigenvalue weighted by Gasteiger charge is -2.38. The first-order chi connectivity index (χ1) is 12.3. The van der Waals surface area contributed by atoms with Crippen molar-refractivity contribution < 1.29 is 4.79 Å². The highest BCUT2D eigenvalue weighted by molar-refractivity contribution is 7.98. The lowest BCUT2D eigenvalue weighted by molar-refractivity contribution is 0.0572. The number of hydrogen-bond acceptors (Lipinski definition) is 4. The molecular weight excluding hydrogens is 330 g/mol. The third kappa shape index (κ3) is 3.31.